The largest absolute Gasteiger partial charge is 0.367 e. The highest BCUT2D eigenvalue weighted by molar-refractivity contribution is 5.51. The van der Waals surface area contributed by atoms with Crippen molar-refractivity contribution in [3.63, 3.8) is 0 Å². The number of hydrogen-bond donors (Lipinski definition) is 1. The molecule has 1 aliphatic rings. The number of likely N-dealkylation sites (N-methyl/N-ethyl adjacent to an activating group) is 1. The standard InChI is InChI=1S/C11H18N4/c1-14-4-6-15(7-5-14)11-9-13-3-2-10(11)8-12/h2-3,9H,4-8,12H2,1H3. The number of hydrogen-bond acceptors (Lipinski definition) is 4. The first-order valence-electron chi connectivity index (χ1n) is 5.37. The molecule has 0 aromatic carbocycles. The van der Waals surface area contributed by atoms with Gasteiger partial charge in [-0.05, 0) is 18.7 Å². The lowest BCUT2D eigenvalue weighted by atomic mass is 10.2. The highest BCUT2D eigenvalue weighted by Gasteiger charge is 2.16. The van der Waals surface area contributed by atoms with Gasteiger partial charge in [-0.15, -0.1) is 0 Å². The molecular formula is C11H18N4. The molecule has 0 amide bonds. The minimum absolute atomic E-state index is 0.587. The Kier molecular flexibility index (Phi) is 3.18. The predicted molar refractivity (Wildman–Crippen MR) is 61.8 cm³/mol. The summed E-state index contributed by atoms with van der Waals surface area (Å²) >= 11 is 0. The first kappa shape index (κ1) is 10.4. The molecular weight excluding hydrogens is 188 g/mol. The van der Waals surface area contributed by atoms with Crippen LogP contribution in [-0.2, 0) is 6.54 Å². The predicted octanol–water partition coefficient (Wildman–Crippen LogP) is 0.292. The monoisotopic (exact) mass is 206 g/mol. The Morgan fingerprint density at radius 1 is 1.33 bits per heavy atom. The summed E-state index contributed by atoms with van der Waals surface area (Å²) in [6, 6.07) is 2.01. The molecule has 0 unspecified atom stereocenters. The Bertz CT molecular complexity index is 318. The van der Waals surface area contributed by atoms with Crippen molar-refractivity contribution in [2.45, 2.75) is 6.54 Å². The minimum atomic E-state index is 0.587. The van der Waals surface area contributed by atoms with Gasteiger partial charge in [0.05, 0.1) is 11.9 Å². The second kappa shape index (κ2) is 4.59. The molecule has 1 saturated heterocycles. The lowest BCUT2D eigenvalue weighted by Crippen LogP contribution is -2.44. The molecule has 2 rings (SSSR count). The number of nitrogens with two attached hydrogens (primary N) is 1. The third-order valence-corrected chi connectivity index (χ3v) is 2.95. The molecule has 2 heterocycles. The van der Waals surface area contributed by atoms with Gasteiger partial charge in [0, 0.05) is 38.9 Å². The molecule has 15 heavy (non-hydrogen) atoms. The van der Waals surface area contributed by atoms with Crippen molar-refractivity contribution in [3.05, 3.63) is 24.0 Å². The van der Waals surface area contributed by atoms with Gasteiger partial charge in [-0.2, -0.15) is 0 Å². The maximum absolute atomic E-state index is 5.72. The summed E-state index contributed by atoms with van der Waals surface area (Å²) in [5.74, 6) is 0. The van der Waals surface area contributed by atoms with Gasteiger partial charge >= 0.3 is 0 Å². The van der Waals surface area contributed by atoms with E-state index in [4.69, 9.17) is 5.73 Å². The van der Waals surface area contributed by atoms with Gasteiger partial charge in [0.15, 0.2) is 0 Å². The summed E-state index contributed by atoms with van der Waals surface area (Å²) in [5, 5.41) is 0. The minimum Gasteiger partial charge on any atom is -0.367 e. The van der Waals surface area contributed by atoms with E-state index in [0.29, 0.717) is 6.54 Å². The van der Waals surface area contributed by atoms with Crippen LogP contribution in [0.25, 0.3) is 0 Å². The maximum Gasteiger partial charge on any atom is 0.0599 e. The molecule has 0 bridgehead atoms. The van der Waals surface area contributed by atoms with E-state index in [1.165, 1.54) is 11.3 Å². The van der Waals surface area contributed by atoms with Gasteiger partial charge in [-0.3, -0.25) is 4.98 Å². The van der Waals surface area contributed by atoms with Crippen molar-refractivity contribution < 1.29 is 0 Å². The molecule has 4 heteroatoms. The van der Waals surface area contributed by atoms with Crippen molar-refractivity contribution in [2.24, 2.45) is 5.73 Å². The van der Waals surface area contributed by atoms with Crippen molar-refractivity contribution in [3.8, 4) is 0 Å². The molecule has 82 valence electrons. The van der Waals surface area contributed by atoms with Crippen LogP contribution in [-0.4, -0.2) is 43.1 Å². The number of piperazine rings is 1. The SMILES string of the molecule is CN1CCN(c2cnccc2CN)CC1. The fourth-order valence-electron chi connectivity index (χ4n) is 1.92. The summed E-state index contributed by atoms with van der Waals surface area (Å²) in [6.07, 6.45) is 3.73. The molecule has 4 nitrogen and oxygen atoms in total. The molecule has 2 N–H and O–H groups in total. The third kappa shape index (κ3) is 2.27. The zero-order chi connectivity index (χ0) is 10.7. The Labute approximate surface area is 90.7 Å². The second-order valence-corrected chi connectivity index (χ2v) is 4.00. The van der Waals surface area contributed by atoms with Gasteiger partial charge in [-0.25, -0.2) is 0 Å². The zero-order valence-corrected chi connectivity index (χ0v) is 9.19. The van der Waals surface area contributed by atoms with Gasteiger partial charge in [-0.1, -0.05) is 0 Å². The van der Waals surface area contributed by atoms with E-state index in [2.05, 4.69) is 21.8 Å². The molecule has 1 aromatic rings. The van der Waals surface area contributed by atoms with Gasteiger partial charge in [0.1, 0.15) is 0 Å². The van der Waals surface area contributed by atoms with E-state index in [0.717, 1.165) is 26.2 Å². The smallest absolute Gasteiger partial charge is 0.0599 e. The fraction of sp³-hybridized carbons (Fsp3) is 0.545. The zero-order valence-electron chi connectivity index (χ0n) is 9.19. The van der Waals surface area contributed by atoms with Crippen LogP contribution in [0.3, 0.4) is 0 Å². The van der Waals surface area contributed by atoms with Crippen molar-refractivity contribution >= 4 is 5.69 Å². The van der Waals surface area contributed by atoms with Crippen LogP contribution in [0.5, 0.6) is 0 Å². The molecule has 0 spiro atoms. The van der Waals surface area contributed by atoms with Crippen LogP contribution in [0.15, 0.2) is 18.5 Å². The van der Waals surface area contributed by atoms with Gasteiger partial charge in [0.2, 0.25) is 0 Å². The summed E-state index contributed by atoms with van der Waals surface area (Å²) < 4.78 is 0. The van der Waals surface area contributed by atoms with E-state index < -0.39 is 0 Å². The normalized spacial score (nSPS) is 18.1. The molecule has 1 aliphatic heterocycles. The lowest BCUT2D eigenvalue weighted by molar-refractivity contribution is 0.312. The van der Waals surface area contributed by atoms with Crippen molar-refractivity contribution in [1.82, 2.24) is 9.88 Å². The van der Waals surface area contributed by atoms with Crippen molar-refractivity contribution in [2.75, 3.05) is 38.1 Å². The molecule has 1 fully saturated rings. The van der Waals surface area contributed by atoms with Crippen LogP contribution in [0, 0.1) is 0 Å². The Morgan fingerprint density at radius 3 is 2.73 bits per heavy atom. The Hall–Kier alpha value is -1.13. The first-order chi connectivity index (χ1) is 7.31. The lowest BCUT2D eigenvalue weighted by Gasteiger charge is -2.34. The van der Waals surface area contributed by atoms with Gasteiger partial charge < -0.3 is 15.5 Å². The summed E-state index contributed by atoms with van der Waals surface area (Å²) in [4.78, 5) is 8.89. The van der Waals surface area contributed by atoms with Crippen LogP contribution >= 0.6 is 0 Å². The fourth-order valence-corrected chi connectivity index (χ4v) is 1.92. The average molecular weight is 206 g/mol. The highest BCUT2D eigenvalue weighted by atomic mass is 15.2. The number of aromatic nitrogens is 1. The third-order valence-electron chi connectivity index (χ3n) is 2.95. The quantitative estimate of drug-likeness (QED) is 0.755. The van der Waals surface area contributed by atoms with E-state index in [-0.39, 0.29) is 0 Å². The molecule has 0 atom stereocenters. The van der Waals surface area contributed by atoms with E-state index >= 15 is 0 Å². The topological polar surface area (TPSA) is 45.4 Å². The molecule has 1 aromatic heterocycles. The number of pyridine rings is 1. The van der Waals surface area contributed by atoms with Crippen LogP contribution in [0.1, 0.15) is 5.56 Å². The summed E-state index contributed by atoms with van der Waals surface area (Å²) in [7, 11) is 2.16. The summed E-state index contributed by atoms with van der Waals surface area (Å²) in [6.45, 7) is 4.94. The second-order valence-electron chi connectivity index (χ2n) is 4.00. The van der Waals surface area contributed by atoms with Crippen LogP contribution < -0.4 is 10.6 Å². The van der Waals surface area contributed by atoms with E-state index in [1.54, 1.807) is 0 Å². The van der Waals surface area contributed by atoms with Gasteiger partial charge in [0.25, 0.3) is 0 Å². The maximum atomic E-state index is 5.72. The number of anilines is 1. The first-order valence-corrected chi connectivity index (χ1v) is 5.37. The average Bonchev–Trinajstić information content (AvgIpc) is 2.30. The van der Waals surface area contributed by atoms with E-state index in [9.17, 15) is 0 Å². The Balaban J connectivity index is 2.15. The molecule has 0 aliphatic carbocycles. The molecule has 0 radical (unpaired) electrons. The highest BCUT2D eigenvalue weighted by Crippen LogP contribution is 2.19. The number of rotatable bonds is 2. The van der Waals surface area contributed by atoms with E-state index in [1.807, 2.05) is 18.5 Å². The number of nitrogens with zero attached hydrogens (tertiary/aromatic N) is 3. The Morgan fingerprint density at radius 2 is 2.07 bits per heavy atom. The van der Waals surface area contributed by atoms with Crippen LogP contribution in [0.4, 0.5) is 5.69 Å². The summed E-state index contributed by atoms with van der Waals surface area (Å²) in [5.41, 5.74) is 8.11. The van der Waals surface area contributed by atoms with Crippen LogP contribution in [0.2, 0.25) is 0 Å². The van der Waals surface area contributed by atoms with Crippen molar-refractivity contribution in [1.29, 1.82) is 0 Å². The molecule has 0 saturated carbocycles.